The number of hydrogen-bond donors (Lipinski definition) is 2. The van der Waals surface area contributed by atoms with Crippen LogP contribution in [-0.2, 0) is 16.1 Å². The fourth-order valence-corrected chi connectivity index (χ4v) is 2.69. The molecule has 7 heteroatoms. The molecule has 0 radical (unpaired) electrons. The van der Waals surface area contributed by atoms with Crippen molar-refractivity contribution in [2.75, 3.05) is 23.8 Å². The Labute approximate surface area is 146 Å². The monoisotopic (exact) mass is 345 g/mol. The SMILES string of the molecule is Cc1cc(NC(=O)Nc2cccc(COCC3CCCCO3)c2)no1. The van der Waals surface area contributed by atoms with Crippen LogP contribution in [0.3, 0.4) is 0 Å². The zero-order valence-corrected chi connectivity index (χ0v) is 14.3. The molecule has 1 fully saturated rings. The van der Waals surface area contributed by atoms with Crippen molar-refractivity contribution in [2.45, 2.75) is 38.9 Å². The molecule has 1 atom stereocenters. The second-order valence-electron chi connectivity index (χ2n) is 6.11. The molecule has 25 heavy (non-hydrogen) atoms. The number of hydrogen-bond acceptors (Lipinski definition) is 5. The van der Waals surface area contributed by atoms with E-state index in [4.69, 9.17) is 14.0 Å². The van der Waals surface area contributed by atoms with Gasteiger partial charge in [-0.3, -0.25) is 5.32 Å². The van der Waals surface area contributed by atoms with Gasteiger partial charge in [0.15, 0.2) is 5.82 Å². The maximum atomic E-state index is 12.0. The number of aryl methyl sites for hydroxylation is 1. The summed E-state index contributed by atoms with van der Waals surface area (Å²) in [7, 11) is 0. The molecule has 3 rings (SSSR count). The number of amides is 2. The van der Waals surface area contributed by atoms with E-state index in [9.17, 15) is 4.79 Å². The fraction of sp³-hybridized carbons (Fsp3) is 0.444. The summed E-state index contributed by atoms with van der Waals surface area (Å²) in [5.41, 5.74) is 1.68. The number of ether oxygens (including phenoxy) is 2. The second-order valence-corrected chi connectivity index (χ2v) is 6.11. The van der Waals surface area contributed by atoms with Gasteiger partial charge in [0, 0.05) is 18.4 Å². The van der Waals surface area contributed by atoms with Crippen LogP contribution in [-0.4, -0.2) is 30.5 Å². The molecule has 7 nitrogen and oxygen atoms in total. The molecule has 1 unspecified atom stereocenters. The highest BCUT2D eigenvalue weighted by Gasteiger charge is 2.13. The van der Waals surface area contributed by atoms with Crippen LogP contribution < -0.4 is 10.6 Å². The lowest BCUT2D eigenvalue weighted by atomic mass is 10.1. The minimum atomic E-state index is -0.373. The van der Waals surface area contributed by atoms with Crippen LogP contribution in [0.2, 0.25) is 0 Å². The number of aromatic nitrogens is 1. The molecule has 2 aromatic rings. The molecule has 1 aliphatic heterocycles. The van der Waals surface area contributed by atoms with Crippen LogP contribution in [0.4, 0.5) is 16.3 Å². The Morgan fingerprint density at radius 3 is 3.00 bits per heavy atom. The minimum Gasteiger partial charge on any atom is -0.376 e. The lowest BCUT2D eigenvalue weighted by Crippen LogP contribution is -2.24. The summed E-state index contributed by atoms with van der Waals surface area (Å²) in [6, 6.07) is 8.83. The van der Waals surface area contributed by atoms with E-state index in [-0.39, 0.29) is 12.1 Å². The topological polar surface area (TPSA) is 85.6 Å². The van der Waals surface area contributed by atoms with Crippen molar-refractivity contribution in [1.82, 2.24) is 5.16 Å². The van der Waals surface area contributed by atoms with E-state index in [2.05, 4.69) is 15.8 Å². The van der Waals surface area contributed by atoms with Crippen molar-refractivity contribution >= 4 is 17.5 Å². The predicted octanol–water partition coefficient (Wildman–Crippen LogP) is 3.71. The molecular formula is C18H23N3O4. The van der Waals surface area contributed by atoms with Crippen molar-refractivity contribution < 1.29 is 18.8 Å². The normalized spacial score (nSPS) is 17.2. The first kappa shape index (κ1) is 17.4. The van der Waals surface area contributed by atoms with Gasteiger partial charge >= 0.3 is 6.03 Å². The Morgan fingerprint density at radius 1 is 1.32 bits per heavy atom. The van der Waals surface area contributed by atoms with Crippen molar-refractivity contribution in [3.63, 3.8) is 0 Å². The number of anilines is 2. The summed E-state index contributed by atoms with van der Waals surface area (Å²) in [6.07, 6.45) is 3.60. The molecule has 1 aromatic heterocycles. The Bertz CT molecular complexity index is 695. The molecule has 1 saturated heterocycles. The number of carbonyl (C=O) groups is 1. The van der Waals surface area contributed by atoms with Gasteiger partial charge in [-0.25, -0.2) is 4.79 Å². The molecule has 0 saturated carbocycles. The number of urea groups is 1. The summed E-state index contributed by atoms with van der Waals surface area (Å²) < 4.78 is 16.3. The van der Waals surface area contributed by atoms with Gasteiger partial charge in [-0.1, -0.05) is 17.3 Å². The maximum Gasteiger partial charge on any atom is 0.324 e. The lowest BCUT2D eigenvalue weighted by Gasteiger charge is -2.22. The quantitative estimate of drug-likeness (QED) is 0.833. The Kier molecular flexibility index (Phi) is 6.03. The van der Waals surface area contributed by atoms with Crippen molar-refractivity contribution in [3.8, 4) is 0 Å². The van der Waals surface area contributed by atoms with Crippen LogP contribution in [0.5, 0.6) is 0 Å². The maximum absolute atomic E-state index is 12.0. The average Bonchev–Trinajstić information content (AvgIpc) is 3.01. The van der Waals surface area contributed by atoms with E-state index in [1.54, 1.807) is 13.0 Å². The predicted molar refractivity (Wildman–Crippen MR) is 93.6 cm³/mol. The molecule has 1 aliphatic rings. The van der Waals surface area contributed by atoms with Crippen LogP contribution in [0, 0.1) is 6.92 Å². The third kappa shape index (κ3) is 5.58. The molecule has 2 amide bonds. The van der Waals surface area contributed by atoms with Crippen LogP contribution in [0.25, 0.3) is 0 Å². The van der Waals surface area contributed by atoms with Crippen LogP contribution >= 0.6 is 0 Å². The van der Waals surface area contributed by atoms with Gasteiger partial charge < -0.3 is 19.3 Å². The van der Waals surface area contributed by atoms with Gasteiger partial charge in [0.2, 0.25) is 0 Å². The molecule has 0 aliphatic carbocycles. The summed E-state index contributed by atoms with van der Waals surface area (Å²) >= 11 is 0. The Balaban J connectivity index is 1.46. The van der Waals surface area contributed by atoms with Gasteiger partial charge in [0.25, 0.3) is 0 Å². The molecule has 0 spiro atoms. The van der Waals surface area contributed by atoms with E-state index >= 15 is 0 Å². The summed E-state index contributed by atoms with van der Waals surface area (Å²) in [4.78, 5) is 12.0. The second kappa shape index (κ2) is 8.64. The molecular weight excluding hydrogens is 322 g/mol. The number of rotatable bonds is 6. The summed E-state index contributed by atoms with van der Waals surface area (Å²) in [6.45, 7) is 3.68. The number of carbonyl (C=O) groups excluding carboxylic acids is 1. The first-order valence-electron chi connectivity index (χ1n) is 8.48. The van der Waals surface area contributed by atoms with Gasteiger partial charge in [-0.15, -0.1) is 0 Å². The van der Waals surface area contributed by atoms with E-state index in [0.29, 0.717) is 30.5 Å². The summed E-state index contributed by atoms with van der Waals surface area (Å²) in [5.74, 6) is 1.01. The van der Waals surface area contributed by atoms with E-state index in [1.807, 2.05) is 24.3 Å². The first-order valence-corrected chi connectivity index (χ1v) is 8.48. The lowest BCUT2D eigenvalue weighted by molar-refractivity contribution is -0.0447. The van der Waals surface area contributed by atoms with Crippen molar-refractivity contribution in [3.05, 3.63) is 41.7 Å². The highest BCUT2D eigenvalue weighted by atomic mass is 16.5. The van der Waals surface area contributed by atoms with Crippen molar-refractivity contribution in [2.24, 2.45) is 0 Å². The van der Waals surface area contributed by atoms with Gasteiger partial charge in [-0.05, 0) is 43.9 Å². The van der Waals surface area contributed by atoms with Gasteiger partial charge in [0.1, 0.15) is 5.76 Å². The molecule has 2 N–H and O–H groups in total. The number of nitrogens with one attached hydrogen (secondary N) is 2. The average molecular weight is 345 g/mol. The zero-order chi connectivity index (χ0) is 17.5. The third-order valence-corrected chi connectivity index (χ3v) is 3.90. The largest absolute Gasteiger partial charge is 0.376 e. The molecule has 0 bridgehead atoms. The highest BCUT2D eigenvalue weighted by Crippen LogP contribution is 2.16. The minimum absolute atomic E-state index is 0.201. The zero-order valence-electron chi connectivity index (χ0n) is 14.3. The van der Waals surface area contributed by atoms with E-state index in [0.717, 1.165) is 25.0 Å². The third-order valence-electron chi connectivity index (χ3n) is 3.90. The van der Waals surface area contributed by atoms with E-state index < -0.39 is 0 Å². The Hall–Kier alpha value is -2.38. The fourth-order valence-electron chi connectivity index (χ4n) is 2.69. The smallest absolute Gasteiger partial charge is 0.324 e. The van der Waals surface area contributed by atoms with E-state index in [1.165, 1.54) is 6.42 Å². The van der Waals surface area contributed by atoms with Gasteiger partial charge in [-0.2, -0.15) is 0 Å². The van der Waals surface area contributed by atoms with Crippen molar-refractivity contribution in [1.29, 1.82) is 0 Å². The first-order chi connectivity index (χ1) is 12.2. The molecule has 134 valence electrons. The van der Waals surface area contributed by atoms with Crippen LogP contribution in [0.15, 0.2) is 34.9 Å². The summed E-state index contributed by atoms with van der Waals surface area (Å²) in [5, 5.41) is 9.10. The standard InChI is InChI=1S/C18H23N3O4/c1-13-9-17(21-25-13)20-18(22)19-15-6-4-5-14(10-15)11-23-12-16-7-2-3-8-24-16/h4-6,9-10,16H,2-3,7-8,11-12H2,1H3,(H2,19,20,21,22). The van der Waals surface area contributed by atoms with Crippen LogP contribution in [0.1, 0.15) is 30.6 Å². The number of benzene rings is 1. The highest BCUT2D eigenvalue weighted by molar-refractivity contribution is 5.99. The van der Waals surface area contributed by atoms with Gasteiger partial charge in [0.05, 0.1) is 19.3 Å². The number of nitrogens with zero attached hydrogens (tertiary/aromatic N) is 1. The molecule has 1 aromatic carbocycles. The Morgan fingerprint density at radius 2 is 2.24 bits per heavy atom. The molecule has 2 heterocycles.